The summed E-state index contributed by atoms with van der Waals surface area (Å²) in [5.41, 5.74) is 0.989. The first-order valence-electron chi connectivity index (χ1n) is 6.41. The second kappa shape index (κ2) is 6.65. The molecule has 0 aromatic heterocycles. The lowest BCUT2D eigenvalue weighted by Crippen LogP contribution is -2.44. The van der Waals surface area contributed by atoms with Gasteiger partial charge in [0.25, 0.3) is 0 Å². The summed E-state index contributed by atoms with van der Waals surface area (Å²) >= 11 is 12.7. The molecule has 20 heavy (non-hydrogen) atoms. The zero-order valence-corrected chi connectivity index (χ0v) is 15.8. The minimum absolute atomic E-state index is 0.109. The molecule has 0 aliphatic carbocycles. The summed E-state index contributed by atoms with van der Waals surface area (Å²) in [5, 5.41) is 0. The van der Waals surface area contributed by atoms with Gasteiger partial charge in [0, 0.05) is 27.4 Å². The zero-order chi connectivity index (χ0) is 14.9. The molecule has 0 spiro atoms. The lowest BCUT2D eigenvalue weighted by molar-refractivity contribution is 0.271. The van der Waals surface area contributed by atoms with Crippen LogP contribution in [0.2, 0.25) is 0 Å². The molecule has 0 N–H and O–H groups in total. The molecule has 1 heterocycles. The number of hydrogen-bond donors (Lipinski definition) is 0. The van der Waals surface area contributed by atoms with Crippen molar-refractivity contribution in [3.8, 4) is 0 Å². The van der Waals surface area contributed by atoms with Gasteiger partial charge in [-0.1, -0.05) is 22.4 Å². The van der Waals surface area contributed by atoms with Gasteiger partial charge in [0.2, 0.25) is 10.0 Å². The van der Waals surface area contributed by atoms with Crippen molar-refractivity contribution in [1.82, 2.24) is 4.31 Å². The Morgan fingerprint density at radius 2 is 2.00 bits per heavy atom. The van der Waals surface area contributed by atoms with E-state index in [9.17, 15) is 8.42 Å². The minimum Gasteiger partial charge on any atom is -0.207 e. The zero-order valence-electron chi connectivity index (χ0n) is 11.1. The van der Waals surface area contributed by atoms with Crippen LogP contribution in [0.1, 0.15) is 24.8 Å². The number of alkyl halides is 1. The maximum Gasteiger partial charge on any atom is 0.244 e. The lowest BCUT2D eigenvalue weighted by atomic mass is 10.1. The van der Waals surface area contributed by atoms with Crippen LogP contribution in [0.3, 0.4) is 0 Å². The summed E-state index contributed by atoms with van der Waals surface area (Å²) in [7, 11) is -3.52. The average Bonchev–Trinajstić information content (AvgIpc) is 2.42. The van der Waals surface area contributed by atoms with E-state index in [0.717, 1.165) is 29.3 Å². The third-order valence-corrected chi connectivity index (χ3v) is 7.67. The van der Waals surface area contributed by atoms with Crippen LogP contribution in [0, 0.1) is 6.92 Å². The van der Waals surface area contributed by atoms with Crippen molar-refractivity contribution in [2.75, 3.05) is 12.4 Å². The summed E-state index contributed by atoms with van der Waals surface area (Å²) in [6.45, 7) is 2.46. The first-order chi connectivity index (χ1) is 9.37. The molecule has 1 aromatic rings. The lowest BCUT2D eigenvalue weighted by Gasteiger charge is -2.33. The number of sulfonamides is 1. The van der Waals surface area contributed by atoms with E-state index in [1.54, 1.807) is 10.4 Å². The Morgan fingerprint density at radius 1 is 1.30 bits per heavy atom. The van der Waals surface area contributed by atoms with E-state index in [2.05, 4.69) is 31.9 Å². The van der Waals surface area contributed by atoms with Gasteiger partial charge in [-0.15, -0.1) is 11.6 Å². The van der Waals surface area contributed by atoms with Crippen LogP contribution >= 0.6 is 43.5 Å². The predicted molar refractivity (Wildman–Crippen MR) is 88.8 cm³/mol. The van der Waals surface area contributed by atoms with Crippen LogP contribution in [0.25, 0.3) is 0 Å². The number of hydrogen-bond acceptors (Lipinski definition) is 2. The van der Waals surface area contributed by atoms with E-state index in [0.29, 0.717) is 21.8 Å². The molecule has 3 nitrogen and oxygen atoms in total. The highest BCUT2D eigenvalue weighted by Crippen LogP contribution is 2.33. The average molecular weight is 446 g/mol. The summed E-state index contributed by atoms with van der Waals surface area (Å²) < 4.78 is 28.6. The van der Waals surface area contributed by atoms with E-state index in [1.165, 1.54) is 0 Å². The van der Waals surface area contributed by atoms with Crippen LogP contribution in [0.5, 0.6) is 0 Å². The molecule has 112 valence electrons. The smallest absolute Gasteiger partial charge is 0.207 e. The van der Waals surface area contributed by atoms with Crippen LogP contribution in [0.4, 0.5) is 0 Å². The summed E-state index contributed by atoms with van der Waals surface area (Å²) in [5.74, 6) is 0.337. The minimum atomic E-state index is -3.52. The van der Waals surface area contributed by atoms with Gasteiger partial charge < -0.3 is 0 Å². The predicted octanol–water partition coefficient (Wildman–Crippen LogP) is 4.30. The van der Waals surface area contributed by atoms with Gasteiger partial charge in [0.1, 0.15) is 0 Å². The third-order valence-electron chi connectivity index (χ3n) is 3.55. The normalized spacial score (nSPS) is 21.1. The highest BCUT2D eigenvalue weighted by molar-refractivity contribution is 9.11. The standard InChI is InChI=1S/C13H16Br2ClNO2S/c1-9-6-12(15)13(7-11(9)14)20(18,19)17-5-3-2-4-10(17)8-16/h6-7,10H,2-5,8H2,1H3. The number of nitrogens with zero attached hydrogens (tertiary/aromatic N) is 1. The Morgan fingerprint density at radius 3 is 2.65 bits per heavy atom. The van der Waals surface area contributed by atoms with Crippen LogP contribution < -0.4 is 0 Å². The molecule has 1 aliphatic rings. The molecule has 7 heteroatoms. The second-order valence-corrected chi connectivity index (χ2v) is 8.83. The molecule has 2 rings (SSSR count). The van der Waals surface area contributed by atoms with Crippen molar-refractivity contribution in [3.63, 3.8) is 0 Å². The van der Waals surface area contributed by atoms with Gasteiger partial charge in [0.05, 0.1) is 4.90 Å². The monoisotopic (exact) mass is 443 g/mol. The third kappa shape index (κ3) is 3.24. The Labute approximate surface area is 142 Å². The number of aryl methyl sites for hydroxylation is 1. The quantitative estimate of drug-likeness (QED) is 0.651. The van der Waals surface area contributed by atoms with Gasteiger partial charge in [-0.3, -0.25) is 0 Å². The topological polar surface area (TPSA) is 37.4 Å². The van der Waals surface area contributed by atoms with Gasteiger partial charge in [0.15, 0.2) is 0 Å². The number of piperidine rings is 1. The Bertz CT molecular complexity index is 607. The molecule has 0 bridgehead atoms. The van der Waals surface area contributed by atoms with Crippen LogP contribution in [-0.2, 0) is 10.0 Å². The molecule has 1 atom stereocenters. The van der Waals surface area contributed by atoms with E-state index < -0.39 is 10.0 Å². The second-order valence-electron chi connectivity index (χ2n) is 4.95. The van der Waals surface area contributed by atoms with E-state index >= 15 is 0 Å². The molecular formula is C13H16Br2ClNO2S. The van der Waals surface area contributed by atoms with E-state index in [4.69, 9.17) is 11.6 Å². The fraction of sp³-hybridized carbons (Fsp3) is 0.538. The van der Waals surface area contributed by atoms with Gasteiger partial charge in [-0.2, -0.15) is 4.31 Å². The summed E-state index contributed by atoms with van der Waals surface area (Å²) in [6.07, 6.45) is 2.74. The fourth-order valence-electron chi connectivity index (χ4n) is 2.40. The van der Waals surface area contributed by atoms with Gasteiger partial charge in [-0.05, 0) is 53.4 Å². The van der Waals surface area contributed by atoms with Crippen molar-refractivity contribution < 1.29 is 8.42 Å². The van der Waals surface area contributed by atoms with Crippen LogP contribution in [-0.4, -0.2) is 31.2 Å². The van der Waals surface area contributed by atoms with E-state index in [1.807, 2.05) is 13.0 Å². The highest BCUT2D eigenvalue weighted by Gasteiger charge is 2.34. The molecular weight excluding hydrogens is 429 g/mol. The van der Waals surface area contributed by atoms with Crippen molar-refractivity contribution >= 4 is 53.5 Å². The Hall–Kier alpha value is 0.380. The summed E-state index contributed by atoms with van der Waals surface area (Å²) in [6, 6.07) is 3.37. The number of benzene rings is 1. The van der Waals surface area contributed by atoms with Crippen molar-refractivity contribution in [2.24, 2.45) is 0 Å². The van der Waals surface area contributed by atoms with Crippen molar-refractivity contribution in [1.29, 1.82) is 0 Å². The maximum absolute atomic E-state index is 12.9. The van der Waals surface area contributed by atoms with Gasteiger partial charge >= 0.3 is 0 Å². The van der Waals surface area contributed by atoms with Crippen molar-refractivity contribution in [2.45, 2.75) is 37.1 Å². The first kappa shape index (κ1) is 16.7. The van der Waals surface area contributed by atoms with Gasteiger partial charge in [-0.25, -0.2) is 8.42 Å². The first-order valence-corrected chi connectivity index (χ1v) is 9.97. The molecule has 1 fully saturated rings. The number of halogens is 3. The Balaban J connectivity index is 2.46. The van der Waals surface area contributed by atoms with E-state index in [-0.39, 0.29) is 6.04 Å². The maximum atomic E-state index is 12.9. The highest BCUT2D eigenvalue weighted by atomic mass is 79.9. The molecule has 1 aliphatic heterocycles. The Kier molecular flexibility index (Phi) is 5.57. The van der Waals surface area contributed by atoms with Crippen molar-refractivity contribution in [3.05, 3.63) is 26.6 Å². The molecule has 0 radical (unpaired) electrons. The fourth-order valence-corrected chi connectivity index (χ4v) is 6.13. The largest absolute Gasteiger partial charge is 0.244 e. The molecule has 1 aromatic carbocycles. The molecule has 1 saturated heterocycles. The molecule has 0 amide bonds. The number of rotatable bonds is 3. The summed E-state index contributed by atoms with van der Waals surface area (Å²) in [4.78, 5) is 0.298. The SMILES string of the molecule is Cc1cc(Br)c(S(=O)(=O)N2CCCCC2CCl)cc1Br. The molecule has 1 unspecified atom stereocenters. The molecule has 0 saturated carbocycles. The van der Waals surface area contributed by atoms with Crippen LogP contribution in [0.15, 0.2) is 26.0 Å².